The number of imidazole rings is 1. The summed E-state index contributed by atoms with van der Waals surface area (Å²) < 4.78 is 8.96. The van der Waals surface area contributed by atoms with Crippen molar-refractivity contribution in [2.24, 2.45) is 5.73 Å². The van der Waals surface area contributed by atoms with Gasteiger partial charge in [0.1, 0.15) is 0 Å². The van der Waals surface area contributed by atoms with Gasteiger partial charge < -0.3 is 46.1 Å². The molecule has 5 rings (SSSR count). The number of hydrogen-bond acceptors (Lipinski definition) is 11. The Morgan fingerprint density at radius 3 is 2.41 bits per heavy atom. The molecule has 2 aromatic heterocycles. The van der Waals surface area contributed by atoms with E-state index in [1.165, 1.54) is 9.13 Å². The van der Waals surface area contributed by atoms with Crippen LogP contribution in [0.15, 0.2) is 30.6 Å². The van der Waals surface area contributed by atoms with Crippen molar-refractivity contribution in [2.45, 2.75) is 69.0 Å². The number of carbonyl (C=O) groups is 2. The molecule has 14 nitrogen and oxygen atoms in total. The van der Waals surface area contributed by atoms with Crippen LogP contribution in [0.5, 0.6) is 0 Å². The van der Waals surface area contributed by atoms with Gasteiger partial charge in [-0.05, 0) is 72.4 Å². The highest BCUT2D eigenvalue weighted by Crippen LogP contribution is 2.28. The zero-order valence-electron chi connectivity index (χ0n) is 22.2. The lowest BCUT2D eigenvalue weighted by Gasteiger charge is -2.27. The molecule has 0 amide bonds. The first kappa shape index (κ1) is 30.8. The van der Waals surface area contributed by atoms with Gasteiger partial charge in [-0.25, -0.2) is 14.6 Å². The standard InChI is InChI=1S/C22H28IN7O.C4H6O6/c23-15-3-1-2-14(10-15)11-25-20-19-21(30(13-26-19)18-8-9-31-12-18)29-22(28-20)27-17-6-4-16(24)5-7-17;5-1(3(7)8)2(6)4(9)10/h1-3,10,13,16-18H,4-9,11-12,24H2,(H2,25,27,28,29);1-2,5-6H,(H,7,8)(H,9,10)/t16?,17?,18-;/m0./s1. The van der Waals surface area contributed by atoms with Crippen LogP contribution in [0, 0.1) is 3.57 Å². The number of rotatable bonds is 9. The number of aliphatic hydroxyl groups is 2. The number of nitrogens with two attached hydrogens (primary N) is 1. The van der Waals surface area contributed by atoms with Gasteiger partial charge in [0, 0.05) is 28.8 Å². The van der Waals surface area contributed by atoms with E-state index in [-0.39, 0.29) is 6.04 Å². The van der Waals surface area contributed by atoms with Crippen LogP contribution in [-0.2, 0) is 20.9 Å². The molecule has 3 heterocycles. The Labute approximate surface area is 249 Å². The fourth-order valence-electron chi connectivity index (χ4n) is 4.66. The van der Waals surface area contributed by atoms with Crippen LogP contribution in [0.4, 0.5) is 11.8 Å². The second-order valence-corrected chi connectivity index (χ2v) is 11.3. The molecule has 8 N–H and O–H groups in total. The van der Waals surface area contributed by atoms with Crippen LogP contribution >= 0.6 is 22.6 Å². The summed E-state index contributed by atoms with van der Waals surface area (Å²) in [4.78, 5) is 33.9. The summed E-state index contributed by atoms with van der Waals surface area (Å²) in [5, 5.41) is 39.6. The van der Waals surface area contributed by atoms with Gasteiger partial charge in [-0.15, -0.1) is 0 Å². The highest BCUT2D eigenvalue weighted by atomic mass is 127. The second-order valence-electron chi connectivity index (χ2n) is 10.0. The van der Waals surface area contributed by atoms with E-state index >= 15 is 0 Å². The maximum Gasteiger partial charge on any atom is 0.335 e. The topological polar surface area (TPSA) is 218 Å². The number of fused-ring (bicyclic) bond motifs is 1. The molecule has 222 valence electrons. The van der Waals surface area contributed by atoms with Crippen molar-refractivity contribution in [2.75, 3.05) is 23.8 Å². The smallest absolute Gasteiger partial charge is 0.335 e. The van der Waals surface area contributed by atoms with E-state index in [1.807, 2.05) is 6.33 Å². The number of carboxylic acid groups (broad SMARTS) is 2. The Kier molecular flexibility index (Phi) is 10.7. The molecule has 0 bridgehead atoms. The Morgan fingerprint density at radius 2 is 1.80 bits per heavy atom. The van der Waals surface area contributed by atoms with Crippen LogP contribution in [0.1, 0.15) is 43.7 Å². The third kappa shape index (κ3) is 8.22. The van der Waals surface area contributed by atoms with Crippen molar-refractivity contribution in [3.63, 3.8) is 0 Å². The van der Waals surface area contributed by atoms with Gasteiger partial charge in [0.15, 0.2) is 29.2 Å². The molecule has 2 aliphatic rings. The SMILES string of the molecule is NC1CCC(Nc2nc(NCc3cccc(I)c3)c3ncn([C@H]4CCOC4)c3n2)CC1.O=C(O)C(O)C(O)C(=O)O. The largest absolute Gasteiger partial charge is 0.479 e. The third-order valence-electron chi connectivity index (χ3n) is 6.98. The quantitative estimate of drug-likeness (QED) is 0.160. The number of benzene rings is 1. The summed E-state index contributed by atoms with van der Waals surface area (Å²) in [6.07, 6.45) is 2.48. The Hall–Kier alpha value is -3.12. The molecule has 0 radical (unpaired) electrons. The first-order chi connectivity index (χ1) is 19.6. The lowest BCUT2D eigenvalue weighted by atomic mass is 9.92. The maximum atomic E-state index is 9.77. The van der Waals surface area contributed by atoms with E-state index in [2.05, 4.69) is 67.0 Å². The van der Waals surface area contributed by atoms with E-state index in [0.717, 1.165) is 55.7 Å². The first-order valence-corrected chi connectivity index (χ1v) is 14.3. The number of aliphatic carboxylic acids is 2. The molecule has 3 atom stereocenters. The van der Waals surface area contributed by atoms with Crippen molar-refractivity contribution in [1.29, 1.82) is 0 Å². The first-order valence-electron chi connectivity index (χ1n) is 13.3. The average Bonchev–Trinajstić information content (AvgIpc) is 3.63. The van der Waals surface area contributed by atoms with E-state index in [4.69, 9.17) is 40.9 Å². The Morgan fingerprint density at radius 1 is 1.10 bits per heavy atom. The molecule has 1 saturated heterocycles. The van der Waals surface area contributed by atoms with Gasteiger partial charge in [0.05, 0.1) is 19.0 Å². The molecular formula is C26H34IN7O7. The minimum Gasteiger partial charge on any atom is -0.479 e. The highest BCUT2D eigenvalue weighted by Gasteiger charge is 2.29. The number of anilines is 2. The van der Waals surface area contributed by atoms with E-state index < -0.39 is 24.1 Å². The zero-order valence-corrected chi connectivity index (χ0v) is 24.3. The fourth-order valence-corrected chi connectivity index (χ4v) is 5.27. The molecule has 1 saturated carbocycles. The second kappa shape index (κ2) is 14.2. The predicted octanol–water partition coefficient (Wildman–Crippen LogP) is 1.56. The Balaban J connectivity index is 0.000000334. The molecule has 1 aliphatic carbocycles. The average molecular weight is 684 g/mol. The molecule has 2 fully saturated rings. The Bertz CT molecular complexity index is 1320. The van der Waals surface area contributed by atoms with Crippen molar-refractivity contribution in [1.82, 2.24) is 19.5 Å². The number of halogens is 1. The number of hydrogen-bond donors (Lipinski definition) is 7. The highest BCUT2D eigenvalue weighted by molar-refractivity contribution is 14.1. The van der Waals surface area contributed by atoms with Gasteiger partial charge in [-0.2, -0.15) is 9.97 Å². The molecule has 2 unspecified atom stereocenters. The third-order valence-corrected chi connectivity index (χ3v) is 7.65. The van der Waals surface area contributed by atoms with Crippen LogP contribution in [-0.4, -0.2) is 89.4 Å². The van der Waals surface area contributed by atoms with Gasteiger partial charge in [-0.1, -0.05) is 12.1 Å². The summed E-state index contributed by atoms with van der Waals surface area (Å²) in [7, 11) is 0. The normalized spacial score (nSPS) is 21.9. The summed E-state index contributed by atoms with van der Waals surface area (Å²) >= 11 is 2.34. The fraction of sp³-hybridized carbons (Fsp3) is 0.500. The van der Waals surface area contributed by atoms with Crippen molar-refractivity contribution in [3.8, 4) is 0 Å². The van der Waals surface area contributed by atoms with Crippen LogP contribution in [0.3, 0.4) is 0 Å². The van der Waals surface area contributed by atoms with Crippen LogP contribution < -0.4 is 16.4 Å². The lowest BCUT2D eigenvalue weighted by molar-refractivity contribution is -0.165. The minimum absolute atomic E-state index is 0.268. The number of aliphatic hydroxyl groups excluding tert-OH is 2. The molecule has 41 heavy (non-hydrogen) atoms. The lowest BCUT2D eigenvalue weighted by Crippen LogP contribution is -2.39. The summed E-state index contributed by atoms with van der Waals surface area (Å²) in [5.74, 6) is -2.12. The number of aromatic nitrogens is 4. The van der Waals surface area contributed by atoms with Gasteiger partial charge in [0.2, 0.25) is 5.95 Å². The van der Waals surface area contributed by atoms with Crippen molar-refractivity contribution < 1.29 is 34.8 Å². The summed E-state index contributed by atoms with van der Waals surface area (Å²) in [6, 6.07) is 9.39. The van der Waals surface area contributed by atoms with Crippen LogP contribution in [0.2, 0.25) is 0 Å². The number of carboxylic acids is 2. The zero-order chi connectivity index (χ0) is 29.5. The van der Waals surface area contributed by atoms with Gasteiger partial charge >= 0.3 is 11.9 Å². The summed E-state index contributed by atoms with van der Waals surface area (Å²) in [5.41, 5.74) is 8.94. The molecule has 3 aromatic rings. The monoisotopic (exact) mass is 683 g/mol. The van der Waals surface area contributed by atoms with Crippen molar-refractivity contribution in [3.05, 3.63) is 39.7 Å². The van der Waals surface area contributed by atoms with Gasteiger partial charge in [0.25, 0.3) is 0 Å². The predicted molar refractivity (Wildman–Crippen MR) is 157 cm³/mol. The molecule has 0 spiro atoms. The maximum absolute atomic E-state index is 9.77. The van der Waals surface area contributed by atoms with Crippen LogP contribution in [0.25, 0.3) is 11.2 Å². The van der Waals surface area contributed by atoms with E-state index in [9.17, 15) is 9.59 Å². The summed E-state index contributed by atoms with van der Waals surface area (Å²) in [6.45, 7) is 2.16. The van der Waals surface area contributed by atoms with E-state index in [1.54, 1.807) is 0 Å². The van der Waals surface area contributed by atoms with E-state index in [0.29, 0.717) is 31.2 Å². The minimum atomic E-state index is -2.27. The molecule has 1 aromatic carbocycles. The molecular weight excluding hydrogens is 649 g/mol. The number of nitrogens with zero attached hydrogens (tertiary/aromatic N) is 4. The van der Waals surface area contributed by atoms with Gasteiger partial charge in [-0.3, -0.25) is 0 Å². The van der Waals surface area contributed by atoms with Crippen molar-refractivity contribution >= 4 is 57.5 Å². The number of ether oxygens (including phenoxy) is 1. The molecule has 1 aliphatic heterocycles. The number of nitrogens with one attached hydrogen (secondary N) is 2. The molecule has 15 heteroatoms.